The molecule has 0 aliphatic carbocycles. The third-order valence-corrected chi connectivity index (χ3v) is 6.97. The van der Waals surface area contributed by atoms with E-state index in [4.69, 9.17) is 14.7 Å². The molecular formula is C28H30N4O2. The zero-order chi connectivity index (χ0) is 24.2. The van der Waals surface area contributed by atoms with Crippen LogP contribution >= 0.6 is 0 Å². The number of cyclic esters (lactones) is 1. The first-order valence-electron chi connectivity index (χ1n) is 11.8. The minimum absolute atomic E-state index is 0.312. The summed E-state index contributed by atoms with van der Waals surface area (Å²) in [6.07, 6.45) is 0.706. The van der Waals surface area contributed by atoms with E-state index in [1.165, 1.54) is 0 Å². The van der Waals surface area contributed by atoms with Crippen LogP contribution in [0.15, 0.2) is 48.5 Å². The maximum atomic E-state index is 13.4. The molecule has 1 aliphatic heterocycles. The lowest BCUT2D eigenvalue weighted by Crippen LogP contribution is -2.31. The Morgan fingerprint density at radius 3 is 2.35 bits per heavy atom. The van der Waals surface area contributed by atoms with Gasteiger partial charge >= 0.3 is 5.97 Å². The number of carbonyl (C=O) groups is 1. The maximum absolute atomic E-state index is 13.4. The largest absolute Gasteiger partial charge is 0.438 e. The van der Waals surface area contributed by atoms with Crippen LogP contribution in [0.1, 0.15) is 58.2 Å². The number of hydrogen-bond acceptors (Lipinski definition) is 5. The first-order valence-corrected chi connectivity index (χ1v) is 11.8. The second kappa shape index (κ2) is 7.97. The van der Waals surface area contributed by atoms with Crippen molar-refractivity contribution >= 4 is 22.6 Å². The fraction of sp³-hybridized carbons (Fsp3) is 0.321. The number of fused-ring (bicyclic) bond motifs is 2. The van der Waals surface area contributed by atoms with E-state index in [9.17, 15) is 4.79 Å². The van der Waals surface area contributed by atoms with Crippen molar-refractivity contribution in [1.29, 1.82) is 0 Å². The van der Waals surface area contributed by atoms with E-state index in [1.807, 2.05) is 52.2 Å². The number of aromatic nitrogens is 3. The number of anilines is 1. The number of aryl methyl sites for hydroxylation is 3. The summed E-state index contributed by atoms with van der Waals surface area (Å²) in [5.41, 5.74) is 6.41. The highest BCUT2D eigenvalue weighted by atomic mass is 16.6. The number of para-hydroxylation sites is 1. The third-order valence-electron chi connectivity index (χ3n) is 6.97. The molecular weight excluding hydrogens is 424 g/mol. The molecule has 174 valence electrons. The molecule has 2 aromatic heterocycles. The molecule has 2 aromatic carbocycles. The van der Waals surface area contributed by atoms with E-state index in [-0.39, 0.29) is 0 Å². The van der Waals surface area contributed by atoms with Gasteiger partial charge in [0.2, 0.25) is 5.60 Å². The van der Waals surface area contributed by atoms with Crippen LogP contribution in [0, 0.1) is 13.8 Å². The van der Waals surface area contributed by atoms with Gasteiger partial charge in [-0.05, 0) is 45.4 Å². The van der Waals surface area contributed by atoms with Gasteiger partial charge in [-0.2, -0.15) is 0 Å². The average molecular weight is 455 g/mol. The molecule has 34 heavy (non-hydrogen) atoms. The molecule has 0 radical (unpaired) electrons. The van der Waals surface area contributed by atoms with E-state index in [2.05, 4.69) is 47.6 Å². The quantitative estimate of drug-likeness (QED) is 0.390. The number of hydrogen-bond donors (Lipinski definition) is 0. The fourth-order valence-electron chi connectivity index (χ4n) is 5.30. The summed E-state index contributed by atoms with van der Waals surface area (Å²) in [6, 6.07) is 16.5. The summed E-state index contributed by atoms with van der Waals surface area (Å²) in [6.45, 7) is 9.02. The summed E-state index contributed by atoms with van der Waals surface area (Å²) in [7, 11) is 4.02. The van der Waals surface area contributed by atoms with Crippen LogP contribution < -0.4 is 4.90 Å². The second-order valence-corrected chi connectivity index (χ2v) is 9.04. The molecule has 0 fully saturated rings. The van der Waals surface area contributed by atoms with Gasteiger partial charge in [0, 0.05) is 54.1 Å². The number of esters is 1. The summed E-state index contributed by atoms with van der Waals surface area (Å²) < 4.78 is 8.67. The SMILES string of the molecule is CCc1nc2c(nc1C)C(c1ccc(N(C)C)cc1)(c1c(C)n(CC)c3ccccc13)OC2=O. The molecule has 0 amide bonds. The standard InChI is InChI=1S/C28H30N4O2/c1-7-22-17(3)29-26-25(30-22)27(33)34-28(26,19-13-15-20(16-14-19)31(5)6)24-18(4)32(8-2)23-12-10-9-11-21(23)24/h9-16H,7-8H2,1-6H3. The predicted octanol–water partition coefficient (Wildman–Crippen LogP) is 5.16. The average Bonchev–Trinajstić information content (AvgIpc) is 3.28. The number of ether oxygens (including phenoxy) is 1. The summed E-state index contributed by atoms with van der Waals surface area (Å²) in [4.78, 5) is 25.1. The maximum Gasteiger partial charge on any atom is 0.360 e. The minimum atomic E-state index is -1.18. The Kier molecular flexibility index (Phi) is 5.19. The highest BCUT2D eigenvalue weighted by Gasteiger charge is 2.53. The lowest BCUT2D eigenvalue weighted by atomic mass is 9.81. The van der Waals surface area contributed by atoms with Crippen molar-refractivity contribution in [1.82, 2.24) is 14.5 Å². The Labute approximate surface area is 200 Å². The molecule has 4 aromatic rings. The molecule has 0 bridgehead atoms. The molecule has 3 heterocycles. The Bertz CT molecular complexity index is 1420. The van der Waals surface area contributed by atoms with Crippen molar-refractivity contribution in [3.8, 4) is 0 Å². The van der Waals surface area contributed by atoms with Crippen LogP contribution in [-0.2, 0) is 23.3 Å². The van der Waals surface area contributed by atoms with Crippen LogP contribution in [0.2, 0.25) is 0 Å². The highest BCUT2D eigenvalue weighted by Crippen LogP contribution is 2.50. The zero-order valence-corrected chi connectivity index (χ0v) is 20.6. The molecule has 0 spiro atoms. The molecule has 1 unspecified atom stereocenters. The van der Waals surface area contributed by atoms with Crippen LogP contribution in [-0.4, -0.2) is 34.6 Å². The van der Waals surface area contributed by atoms with Crippen molar-refractivity contribution in [2.75, 3.05) is 19.0 Å². The lowest BCUT2D eigenvalue weighted by molar-refractivity contribution is 0.0242. The van der Waals surface area contributed by atoms with Gasteiger partial charge in [-0.25, -0.2) is 14.8 Å². The first kappa shape index (κ1) is 22.1. The third kappa shape index (κ3) is 2.98. The Morgan fingerprint density at radius 2 is 1.71 bits per heavy atom. The molecule has 1 aliphatic rings. The van der Waals surface area contributed by atoms with Crippen molar-refractivity contribution < 1.29 is 9.53 Å². The van der Waals surface area contributed by atoms with E-state index < -0.39 is 11.6 Å². The van der Waals surface area contributed by atoms with Crippen LogP contribution in [0.25, 0.3) is 10.9 Å². The molecule has 6 nitrogen and oxygen atoms in total. The van der Waals surface area contributed by atoms with Crippen molar-refractivity contribution in [3.63, 3.8) is 0 Å². The molecule has 0 saturated heterocycles. The van der Waals surface area contributed by atoms with Crippen molar-refractivity contribution in [2.45, 2.75) is 46.3 Å². The summed E-state index contributed by atoms with van der Waals surface area (Å²) in [5.74, 6) is -0.429. The summed E-state index contributed by atoms with van der Waals surface area (Å²) >= 11 is 0. The fourth-order valence-corrected chi connectivity index (χ4v) is 5.30. The number of carbonyl (C=O) groups excluding carboxylic acids is 1. The van der Waals surface area contributed by atoms with Gasteiger partial charge in [0.15, 0.2) is 5.69 Å². The van der Waals surface area contributed by atoms with Gasteiger partial charge < -0.3 is 14.2 Å². The van der Waals surface area contributed by atoms with E-state index >= 15 is 0 Å². The van der Waals surface area contributed by atoms with Gasteiger partial charge in [0.25, 0.3) is 0 Å². The Balaban J connectivity index is 1.91. The van der Waals surface area contributed by atoms with Crippen LogP contribution in [0.3, 0.4) is 0 Å². The predicted molar refractivity (Wildman–Crippen MR) is 135 cm³/mol. The van der Waals surface area contributed by atoms with Gasteiger partial charge in [-0.3, -0.25) is 0 Å². The monoisotopic (exact) mass is 454 g/mol. The molecule has 1 atom stereocenters. The molecule has 0 N–H and O–H groups in total. The lowest BCUT2D eigenvalue weighted by Gasteiger charge is -2.30. The van der Waals surface area contributed by atoms with E-state index in [1.54, 1.807) is 0 Å². The Morgan fingerprint density at radius 1 is 1.00 bits per heavy atom. The van der Waals surface area contributed by atoms with Crippen molar-refractivity contribution in [3.05, 3.63) is 88.1 Å². The van der Waals surface area contributed by atoms with Gasteiger partial charge in [0.1, 0.15) is 5.69 Å². The number of benzene rings is 2. The first-order chi connectivity index (χ1) is 16.3. The van der Waals surface area contributed by atoms with Crippen LogP contribution in [0.4, 0.5) is 5.69 Å². The van der Waals surface area contributed by atoms with Crippen LogP contribution in [0.5, 0.6) is 0 Å². The zero-order valence-electron chi connectivity index (χ0n) is 20.6. The highest BCUT2D eigenvalue weighted by molar-refractivity contribution is 5.96. The number of nitrogens with zero attached hydrogens (tertiary/aromatic N) is 4. The van der Waals surface area contributed by atoms with Gasteiger partial charge in [0.05, 0.1) is 11.4 Å². The molecule has 6 heteroatoms. The topological polar surface area (TPSA) is 60.3 Å². The van der Waals surface area contributed by atoms with E-state index in [0.717, 1.165) is 51.3 Å². The van der Waals surface area contributed by atoms with Gasteiger partial charge in [-0.15, -0.1) is 0 Å². The normalized spacial score (nSPS) is 17.2. The second-order valence-electron chi connectivity index (χ2n) is 9.04. The van der Waals surface area contributed by atoms with Gasteiger partial charge in [-0.1, -0.05) is 37.3 Å². The summed E-state index contributed by atoms with van der Waals surface area (Å²) in [5, 5.41) is 1.05. The number of rotatable bonds is 5. The minimum Gasteiger partial charge on any atom is -0.438 e. The Hall–Kier alpha value is -3.67. The smallest absolute Gasteiger partial charge is 0.360 e. The molecule has 0 saturated carbocycles. The van der Waals surface area contributed by atoms with E-state index in [0.29, 0.717) is 17.8 Å². The molecule has 5 rings (SSSR count). The van der Waals surface area contributed by atoms with Crippen molar-refractivity contribution in [2.24, 2.45) is 0 Å².